The quantitative estimate of drug-likeness (QED) is 0.778. The van der Waals surface area contributed by atoms with Crippen LogP contribution in [0.25, 0.3) is 6.08 Å². The Morgan fingerprint density at radius 2 is 2.06 bits per heavy atom. The van der Waals surface area contributed by atoms with Crippen LogP contribution in [-0.4, -0.2) is 22.7 Å². The molecular formula is C11H9F3O2S. The molecule has 1 aliphatic rings. The molecule has 1 heterocycles. The minimum atomic E-state index is -4.42. The molecule has 1 aromatic rings. The van der Waals surface area contributed by atoms with Crippen LogP contribution in [0.1, 0.15) is 5.56 Å². The monoisotopic (exact) mass is 262 g/mol. The van der Waals surface area contributed by atoms with Gasteiger partial charge in [-0.05, 0) is 24.3 Å². The lowest BCUT2D eigenvalue weighted by atomic mass is 10.1. The molecule has 6 heteroatoms. The van der Waals surface area contributed by atoms with Gasteiger partial charge in [-0.1, -0.05) is 6.08 Å². The zero-order valence-electron chi connectivity index (χ0n) is 8.82. The molecule has 0 amide bonds. The highest BCUT2D eigenvalue weighted by atomic mass is 32.2. The number of rotatable bonds is 1. The van der Waals surface area contributed by atoms with Crippen molar-refractivity contribution in [2.24, 2.45) is 0 Å². The van der Waals surface area contributed by atoms with Crippen LogP contribution in [-0.2, 0) is 10.8 Å². The molecule has 0 bridgehead atoms. The van der Waals surface area contributed by atoms with Crippen molar-refractivity contribution in [1.29, 1.82) is 0 Å². The summed E-state index contributed by atoms with van der Waals surface area (Å²) in [6.45, 7) is 0. The molecule has 0 saturated carbocycles. The lowest BCUT2D eigenvalue weighted by Gasteiger charge is -2.23. The van der Waals surface area contributed by atoms with E-state index in [4.69, 9.17) is 4.74 Å². The summed E-state index contributed by atoms with van der Waals surface area (Å²) in [4.78, 5) is 0.558. The van der Waals surface area contributed by atoms with Crippen LogP contribution in [0, 0.1) is 0 Å². The molecular weight excluding hydrogens is 253 g/mol. The lowest BCUT2D eigenvalue weighted by Crippen LogP contribution is -2.33. The summed E-state index contributed by atoms with van der Waals surface area (Å²) >= 11 is 0. The maximum Gasteiger partial charge on any atom is 0.429 e. The first kappa shape index (κ1) is 12.2. The van der Waals surface area contributed by atoms with E-state index in [1.807, 2.05) is 0 Å². The van der Waals surface area contributed by atoms with Crippen molar-refractivity contribution in [3.05, 3.63) is 29.8 Å². The molecule has 17 heavy (non-hydrogen) atoms. The van der Waals surface area contributed by atoms with Gasteiger partial charge in [0.15, 0.2) is 0 Å². The Kier molecular flexibility index (Phi) is 2.99. The zero-order valence-corrected chi connectivity index (χ0v) is 9.64. The predicted octanol–water partition coefficient (Wildman–Crippen LogP) is 2.76. The first-order valence-corrected chi connectivity index (χ1v) is 6.33. The van der Waals surface area contributed by atoms with E-state index in [0.29, 0.717) is 10.5 Å². The number of ether oxygens (including phenoxy) is 1. The standard InChI is InChI=1S/C11H9F3O2S/c1-17(15)8-3-4-9-7(6-8)2-5-10(16-9)11(12,13)14/h2-6,10H,1H3. The van der Waals surface area contributed by atoms with Crippen molar-refractivity contribution in [3.8, 4) is 5.75 Å². The van der Waals surface area contributed by atoms with Crippen molar-refractivity contribution in [2.75, 3.05) is 6.26 Å². The summed E-state index contributed by atoms with van der Waals surface area (Å²) < 4.78 is 53.3. The fourth-order valence-electron chi connectivity index (χ4n) is 1.49. The zero-order chi connectivity index (χ0) is 12.6. The van der Waals surface area contributed by atoms with Crippen LogP contribution in [0.15, 0.2) is 29.2 Å². The fraction of sp³-hybridized carbons (Fsp3) is 0.273. The molecule has 0 aromatic heterocycles. The van der Waals surface area contributed by atoms with E-state index in [1.54, 1.807) is 6.07 Å². The normalized spacial score (nSPS) is 20.6. The second-order valence-corrected chi connectivity index (χ2v) is 4.97. The van der Waals surface area contributed by atoms with Gasteiger partial charge in [0, 0.05) is 27.5 Å². The van der Waals surface area contributed by atoms with E-state index >= 15 is 0 Å². The molecule has 92 valence electrons. The van der Waals surface area contributed by atoms with Crippen molar-refractivity contribution >= 4 is 16.9 Å². The highest BCUT2D eigenvalue weighted by Crippen LogP contribution is 2.33. The molecule has 2 nitrogen and oxygen atoms in total. The second-order valence-electron chi connectivity index (χ2n) is 3.59. The number of fused-ring (bicyclic) bond motifs is 1. The fourth-order valence-corrected chi connectivity index (χ4v) is 2.04. The third kappa shape index (κ3) is 2.52. The Morgan fingerprint density at radius 3 is 2.65 bits per heavy atom. The number of halogens is 3. The topological polar surface area (TPSA) is 26.3 Å². The minimum absolute atomic E-state index is 0.157. The van der Waals surface area contributed by atoms with Crippen LogP contribution in [0.2, 0.25) is 0 Å². The minimum Gasteiger partial charge on any atom is -0.476 e. The van der Waals surface area contributed by atoms with Crippen molar-refractivity contribution in [1.82, 2.24) is 0 Å². The van der Waals surface area contributed by atoms with Crippen LogP contribution in [0.5, 0.6) is 5.75 Å². The van der Waals surface area contributed by atoms with Crippen molar-refractivity contribution in [2.45, 2.75) is 17.2 Å². The van der Waals surface area contributed by atoms with Gasteiger partial charge in [0.05, 0.1) is 0 Å². The molecule has 2 rings (SSSR count). The summed E-state index contributed by atoms with van der Waals surface area (Å²) in [5.74, 6) is 0.157. The van der Waals surface area contributed by atoms with E-state index < -0.39 is 23.1 Å². The first-order chi connectivity index (χ1) is 7.88. The van der Waals surface area contributed by atoms with E-state index in [1.165, 1.54) is 24.5 Å². The Balaban J connectivity index is 2.33. The third-order valence-electron chi connectivity index (χ3n) is 2.34. The summed E-state index contributed by atoms with van der Waals surface area (Å²) in [6.07, 6.45) is -2.53. The molecule has 2 unspecified atom stereocenters. The molecule has 0 saturated heterocycles. The molecule has 1 aliphatic heterocycles. The highest BCUT2D eigenvalue weighted by Gasteiger charge is 2.41. The van der Waals surface area contributed by atoms with E-state index in [-0.39, 0.29) is 5.75 Å². The summed E-state index contributed by atoms with van der Waals surface area (Å²) in [7, 11) is -1.16. The van der Waals surface area contributed by atoms with Gasteiger partial charge >= 0.3 is 6.18 Å². The van der Waals surface area contributed by atoms with Gasteiger partial charge < -0.3 is 4.74 Å². The first-order valence-electron chi connectivity index (χ1n) is 4.77. The average molecular weight is 262 g/mol. The maximum atomic E-state index is 12.4. The van der Waals surface area contributed by atoms with Crippen LogP contribution in [0.4, 0.5) is 13.2 Å². The molecule has 1 aromatic carbocycles. The van der Waals surface area contributed by atoms with Crippen LogP contribution in [0.3, 0.4) is 0 Å². The van der Waals surface area contributed by atoms with Crippen molar-refractivity contribution < 1.29 is 22.1 Å². The SMILES string of the molecule is CS(=O)c1ccc2c(c1)C=CC(C(F)(F)F)O2. The molecule has 0 N–H and O–H groups in total. The summed E-state index contributed by atoms with van der Waals surface area (Å²) in [6, 6.07) is 4.48. The van der Waals surface area contributed by atoms with Gasteiger partial charge in [-0.25, -0.2) is 0 Å². The van der Waals surface area contributed by atoms with Gasteiger partial charge in [0.25, 0.3) is 0 Å². The molecule has 0 fully saturated rings. The smallest absolute Gasteiger partial charge is 0.429 e. The number of benzene rings is 1. The van der Waals surface area contributed by atoms with Gasteiger partial charge in [-0.2, -0.15) is 13.2 Å². The average Bonchev–Trinajstić information content (AvgIpc) is 2.26. The van der Waals surface area contributed by atoms with Gasteiger partial charge in [0.2, 0.25) is 6.10 Å². The number of alkyl halides is 3. The predicted molar refractivity (Wildman–Crippen MR) is 58.3 cm³/mol. The van der Waals surface area contributed by atoms with Crippen molar-refractivity contribution in [3.63, 3.8) is 0 Å². The maximum absolute atomic E-state index is 12.4. The van der Waals surface area contributed by atoms with E-state index in [9.17, 15) is 17.4 Å². The second kappa shape index (κ2) is 4.18. The molecule has 0 radical (unpaired) electrons. The van der Waals surface area contributed by atoms with Crippen LogP contribution >= 0.6 is 0 Å². The Hall–Kier alpha value is -1.30. The summed E-state index contributed by atoms with van der Waals surface area (Å²) in [5.41, 5.74) is 0.512. The highest BCUT2D eigenvalue weighted by molar-refractivity contribution is 7.84. The molecule has 0 spiro atoms. The lowest BCUT2D eigenvalue weighted by molar-refractivity contribution is -0.180. The number of hydrogen-bond acceptors (Lipinski definition) is 2. The van der Waals surface area contributed by atoms with E-state index in [2.05, 4.69) is 0 Å². The molecule has 2 atom stereocenters. The Morgan fingerprint density at radius 1 is 1.35 bits per heavy atom. The van der Waals surface area contributed by atoms with Gasteiger partial charge in [0.1, 0.15) is 5.75 Å². The summed E-state index contributed by atoms with van der Waals surface area (Å²) in [5, 5.41) is 0. The largest absolute Gasteiger partial charge is 0.476 e. The van der Waals surface area contributed by atoms with E-state index in [0.717, 1.165) is 6.08 Å². The van der Waals surface area contributed by atoms with Crippen LogP contribution < -0.4 is 4.74 Å². The van der Waals surface area contributed by atoms with Gasteiger partial charge in [-0.3, -0.25) is 4.21 Å². The Labute approximate surface area is 98.5 Å². The third-order valence-corrected chi connectivity index (χ3v) is 3.26. The van der Waals surface area contributed by atoms with Gasteiger partial charge in [-0.15, -0.1) is 0 Å². The number of hydrogen-bond donors (Lipinski definition) is 0. The molecule has 0 aliphatic carbocycles. The Bertz CT molecular complexity index is 494.